The first-order valence-corrected chi connectivity index (χ1v) is 8.21. The Morgan fingerprint density at radius 2 is 1.85 bits per heavy atom. The molecule has 0 bridgehead atoms. The molecule has 0 spiro atoms. The second-order valence-electron chi connectivity index (χ2n) is 3.93. The highest BCUT2D eigenvalue weighted by Gasteiger charge is 2.59. The molecule has 0 fully saturated rings. The number of hydrogen-bond acceptors (Lipinski definition) is 4. The predicted molar refractivity (Wildman–Crippen MR) is 67.9 cm³/mol. The van der Waals surface area contributed by atoms with Crippen LogP contribution in [0.5, 0.6) is 0 Å². The van der Waals surface area contributed by atoms with E-state index in [9.17, 15) is 14.2 Å². The summed E-state index contributed by atoms with van der Waals surface area (Å²) in [5.41, 5.74) is -0.735. The Kier molecular flexibility index (Phi) is 2.53. The fourth-order valence-electron chi connectivity index (χ4n) is 1.51. The Morgan fingerprint density at radius 3 is 2.40 bits per heavy atom. The molecule has 0 aliphatic carbocycles. The van der Waals surface area contributed by atoms with Gasteiger partial charge in [0.05, 0.1) is 5.48 Å². The van der Waals surface area contributed by atoms with Crippen LogP contribution in [-0.2, 0) is 15.6 Å². The van der Waals surface area contributed by atoms with Crippen molar-refractivity contribution in [3.8, 4) is 0 Å². The van der Waals surface area contributed by atoms with Gasteiger partial charge < -0.3 is 29.1 Å². The van der Waals surface area contributed by atoms with Crippen LogP contribution in [0.4, 0.5) is 0 Å². The van der Waals surface area contributed by atoms with Crippen molar-refractivity contribution in [3.05, 3.63) is 36.2 Å². The number of nitrogens with zero attached hydrogens (tertiary/aromatic N) is 2. The molecule has 0 atom stereocenters. The molecule has 0 saturated heterocycles. The second kappa shape index (κ2) is 4.75. The molecule has 2 rings (SSSR count). The Labute approximate surface area is 118 Å². The molecule has 20 heavy (non-hydrogen) atoms. The number of aromatic nitrogens is 2. The van der Waals surface area contributed by atoms with Crippen molar-refractivity contribution in [2.45, 2.75) is 11.5 Å². The van der Waals surface area contributed by atoms with E-state index in [0.29, 0.717) is 0 Å². The van der Waals surface area contributed by atoms with E-state index in [1.807, 2.05) is 0 Å². The molecular weight excluding hydrogens is 310 g/mol. The maximum atomic E-state index is 11.4. The zero-order valence-electron chi connectivity index (χ0n) is 13.6. The van der Waals surface area contributed by atoms with Crippen molar-refractivity contribution in [1.82, 2.24) is 9.38 Å². The maximum Gasteiger partial charge on any atom is 0.369 e. The lowest BCUT2D eigenvalue weighted by atomic mass is 10.3. The van der Waals surface area contributed by atoms with Gasteiger partial charge in [0.25, 0.3) is 5.08 Å². The highest BCUT2D eigenvalue weighted by molar-refractivity contribution is 7.72. The Hall–Kier alpha value is -1.05. The molecule has 0 aliphatic heterocycles. The van der Waals surface area contributed by atoms with Gasteiger partial charge >= 0.3 is 15.2 Å². The standard InChI is InChI=1S/C9H12N2O7P2/c12-9(19(13,14)15,20(16,17)18)5-7-6-10-8-3-1-2-4-11(7)8/h1-4,6,12H,5H2,(H2,13,14,15)(H2,16,17,18)/i1D,2D,3D,4D. The van der Waals surface area contributed by atoms with Crippen molar-refractivity contribution >= 4 is 20.8 Å². The molecule has 11 heteroatoms. The fraction of sp³-hybridized carbons (Fsp3) is 0.222. The van der Waals surface area contributed by atoms with Gasteiger partial charge in [-0.1, -0.05) is 6.04 Å². The smallest absolute Gasteiger partial charge is 0.367 e. The summed E-state index contributed by atoms with van der Waals surface area (Å²) in [5.74, 6) is 0. The number of imidazole rings is 1. The van der Waals surface area contributed by atoms with Gasteiger partial charge in [0.1, 0.15) is 5.65 Å². The zero-order valence-corrected chi connectivity index (χ0v) is 11.4. The average molecular weight is 326 g/mol. The highest BCUT2D eigenvalue weighted by Crippen LogP contribution is 2.68. The maximum absolute atomic E-state index is 11.4. The van der Waals surface area contributed by atoms with E-state index in [-0.39, 0.29) is 5.65 Å². The Balaban J connectivity index is 2.75. The van der Waals surface area contributed by atoms with Crippen molar-refractivity contribution in [2.75, 3.05) is 0 Å². The minimum absolute atomic E-state index is 0.324. The minimum atomic E-state index is -5.72. The average Bonchev–Trinajstić information content (AvgIpc) is 2.84. The summed E-state index contributed by atoms with van der Waals surface area (Å²) in [7, 11) is -11.4. The first kappa shape index (κ1) is 10.6. The molecular formula is C9H12N2O7P2. The summed E-state index contributed by atoms with van der Waals surface area (Å²) in [6.45, 7) is 0. The monoisotopic (exact) mass is 326 g/mol. The van der Waals surface area contributed by atoms with Crippen LogP contribution in [0.15, 0.2) is 30.5 Å². The summed E-state index contributed by atoms with van der Waals surface area (Å²) < 4.78 is 54.0. The first-order valence-electron chi connectivity index (χ1n) is 6.98. The van der Waals surface area contributed by atoms with E-state index in [2.05, 4.69) is 4.98 Å². The van der Waals surface area contributed by atoms with Crippen LogP contribution in [0, 0.1) is 0 Å². The van der Waals surface area contributed by atoms with E-state index >= 15 is 0 Å². The lowest BCUT2D eigenvalue weighted by Crippen LogP contribution is -2.31. The molecule has 2 aromatic heterocycles. The number of pyridine rings is 1. The molecule has 110 valence electrons. The summed E-state index contributed by atoms with van der Waals surface area (Å²) in [4.78, 5) is 40.3. The first-order chi connectivity index (χ1) is 10.7. The van der Waals surface area contributed by atoms with Gasteiger partial charge in [-0.3, -0.25) is 9.13 Å². The van der Waals surface area contributed by atoms with E-state index < -0.39 is 56.7 Å². The lowest BCUT2D eigenvalue weighted by molar-refractivity contribution is 0.130. The van der Waals surface area contributed by atoms with Crippen LogP contribution < -0.4 is 0 Å². The largest absolute Gasteiger partial charge is 0.369 e. The van der Waals surface area contributed by atoms with Gasteiger partial charge in [-0.25, -0.2) is 4.98 Å². The van der Waals surface area contributed by atoms with Crippen molar-refractivity contribution < 1.29 is 39.3 Å². The molecule has 5 N–H and O–H groups in total. The van der Waals surface area contributed by atoms with Crippen LogP contribution in [0.25, 0.3) is 5.65 Å². The molecule has 0 amide bonds. The molecule has 0 radical (unpaired) electrons. The van der Waals surface area contributed by atoms with Gasteiger partial charge in [-0.2, -0.15) is 0 Å². The van der Waals surface area contributed by atoms with Crippen molar-refractivity contribution in [2.24, 2.45) is 0 Å². The molecule has 9 nitrogen and oxygen atoms in total. The van der Waals surface area contributed by atoms with E-state index in [1.54, 1.807) is 0 Å². The molecule has 2 aromatic rings. The van der Waals surface area contributed by atoms with Crippen molar-refractivity contribution in [1.29, 1.82) is 0 Å². The summed E-state index contributed by atoms with van der Waals surface area (Å²) >= 11 is 0. The molecule has 0 aromatic carbocycles. The van der Waals surface area contributed by atoms with Crippen LogP contribution >= 0.6 is 15.2 Å². The minimum Gasteiger partial charge on any atom is -0.367 e. The number of fused-ring (bicyclic) bond motifs is 1. The van der Waals surface area contributed by atoms with E-state index in [0.717, 1.165) is 10.6 Å². The number of rotatable bonds is 4. The van der Waals surface area contributed by atoms with Gasteiger partial charge in [-0.15, -0.1) is 0 Å². The van der Waals surface area contributed by atoms with Crippen molar-refractivity contribution in [3.63, 3.8) is 0 Å². The summed E-state index contributed by atoms with van der Waals surface area (Å²) in [6.07, 6.45) is -1.12. The molecule has 0 aliphatic rings. The Bertz CT molecular complexity index is 898. The topological polar surface area (TPSA) is 153 Å². The molecule has 2 heterocycles. The Morgan fingerprint density at radius 1 is 1.25 bits per heavy atom. The molecule has 0 unspecified atom stereocenters. The number of hydrogen-bond donors (Lipinski definition) is 5. The quantitative estimate of drug-likeness (QED) is 0.487. The third-order valence-corrected chi connectivity index (χ3v) is 6.34. The zero-order chi connectivity index (χ0) is 18.7. The second-order valence-corrected chi connectivity index (χ2v) is 7.94. The van der Waals surface area contributed by atoms with Gasteiger partial charge in [-0.05, 0) is 12.1 Å². The molecule has 0 saturated carbocycles. The van der Waals surface area contributed by atoms with Gasteiger partial charge in [0.15, 0.2) is 0 Å². The third kappa shape index (κ3) is 2.45. The lowest BCUT2D eigenvalue weighted by Gasteiger charge is -2.28. The van der Waals surface area contributed by atoms with Gasteiger partial charge in [0.2, 0.25) is 0 Å². The van der Waals surface area contributed by atoms with Crippen LogP contribution in [0.1, 0.15) is 11.2 Å². The fourth-order valence-corrected chi connectivity index (χ4v) is 3.61. The third-order valence-electron chi connectivity index (χ3n) is 2.59. The normalized spacial score (nSPS) is 16.6. The van der Waals surface area contributed by atoms with E-state index in [4.69, 9.17) is 25.1 Å². The van der Waals surface area contributed by atoms with Gasteiger partial charge in [0, 0.05) is 24.5 Å². The highest BCUT2D eigenvalue weighted by atomic mass is 31.2. The van der Waals surface area contributed by atoms with Crippen LogP contribution in [0.2, 0.25) is 0 Å². The van der Waals surface area contributed by atoms with E-state index in [1.165, 1.54) is 0 Å². The summed E-state index contributed by atoms with van der Waals surface area (Å²) in [5, 5.41) is 6.18. The SMILES string of the molecule is [2H]c1c([2H])c([2H])n2c(CC(O)(P(=O)(O)O)P(=O)(O)O)cnc2c1[2H]. The number of aliphatic hydroxyl groups is 1. The summed E-state index contributed by atoms with van der Waals surface area (Å²) in [6, 6.07) is -1.86. The predicted octanol–water partition coefficient (Wildman–Crippen LogP) is -0.122. The van der Waals surface area contributed by atoms with Crippen LogP contribution in [-0.4, -0.2) is 39.1 Å². The van der Waals surface area contributed by atoms with Crippen LogP contribution in [0.3, 0.4) is 0 Å².